The molecular weight excluding hydrogens is 415 g/mol. The Bertz CT molecular complexity index is 1520. The molecule has 0 saturated carbocycles. The molecule has 6 heteroatoms. The summed E-state index contributed by atoms with van der Waals surface area (Å²) in [7, 11) is 0. The average molecular weight is 439 g/mol. The number of nitrogens with zero attached hydrogens (tertiary/aromatic N) is 2. The fraction of sp³-hybridized carbons (Fsp3) is 0.111. The van der Waals surface area contributed by atoms with E-state index < -0.39 is 0 Å². The van der Waals surface area contributed by atoms with E-state index in [1.807, 2.05) is 48.5 Å². The number of nitrogens with one attached hydrogen (secondary N) is 2. The zero-order valence-electron chi connectivity index (χ0n) is 18.4. The summed E-state index contributed by atoms with van der Waals surface area (Å²) >= 11 is 0. The lowest BCUT2D eigenvalue weighted by atomic mass is 10.1. The molecule has 164 valence electrons. The molecule has 0 radical (unpaired) electrons. The fourth-order valence-electron chi connectivity index (χ4n) is 3.90. The van der Waals surface area contributed by atoms with Crippen LogP contribution in [0.3, 0.4) is 0 Å². The van der Waals surface area contributed by atoms with E-state index in [1.165, 1.54) is 23.3 Å². The van der Waals surface area contributed by atoms with Crippen LogP contribution in [-0.4, -0.2) is 14.8 Å². The van der Waals surface area contributed by atoms with Gasteiger partial charge in [0, 0.05) is 28.7 Å². The maximum atomic E-state index is 14.0. The van der Waals surface area contributed by atoms with Crippen molar-refractivity contribution in [2.75, 3.05) is 5.32 Å². The number of benzene rings is 3. The van der Waals surface area contributed by atoms with Crippen molar-refractivity contribution in [3.63, 3.8) is 0 Å². The lowest BCUT2D eigenvalue weighted by Gasteiger charge is -2.09. The molecule has 0 atom stereocenters. The molecule has 0 saturated heterocycles. The third kappa shape index (κ3) is 4.03. The van der Waals surface area contributed by atoms with Crippen LogP contribution in [0.2, 0.25) is 0 Å². The van der Waals surface area contributed by atoms with E-state index in [1.54, 1.807) is 10.7 Å². The smallest absolute Gasteiger partial charge is 0.254 e. The number of hydrogen-bond acceptors (Lipinski definition) is 3. The van der Waals surface area contributed by atoms with Gasteiger partial charge in [0.05, 0.1) is 5.69 Å². The standard InChI is InChI=1S/C27H23FN4O/c1-17-11-12-22(13-18(17)2)29-16-20-15-24-25(19-7-6-8-21(28)14-19)31-32(26(24)30-27(20)33)23-9-4-3-5-10-23/h3-15,29H,16H2,1-2H3,(H,30,33). The van der Waals surface area contributed by atoms with E-state index in [9.17, 15) is 9.18 Å². The van der Waals surface area contributed by atoms with Crippen LogP contribution in [0.1, 0.15) is 16.7 Å². The van der Waals surface area contributed by atoms with Crippen LogP contribution in [0.25, 0.3) is 28.0 Å². The minimum Gasteiger partial charge on any atom is -0.381 e. The van der Waals surface area contributed by atoms with Crippen molar-refractivity contribution >= 4 is 16.7 Å². The van der Waals surface area contributed by atoms with Crippen LogP contribution in [0.5, 0.6) is 0 Å². The monoisotopic (exact) mass is 438 g/mol. The number of aromatic nitrogens is 3. The normalized spacial score (nSPS) is 11.1. The Labute approximate surface area is 190 Å². The van der Waals surface area contributed by atoms with E-state index >= 15 is 0 Å². The molecule has 0 unspecified atom stereocenters. The fourth-order valence-corrected chi connectivity index (χ4v) is 3.90. The predicted octanol–water partition coefficient (Wildman–Crippen LogP) is 5.75. The lowest BCUT2D eigenvalue weighted by Crippen LogP contribution is -2.16. The first-order valence-corrected chi connectivity index (χ1v) is 10.8. The van der Waals surface area contributed by atoms with Gasteiger partial charge in [-0.15, -0.1) is 0 Å². The molecule has 5 aromatic rings. The van der Waals surface area contributed by atoms with E-state index in [-0.39, 0.29) is 11.4 Å². The molecule has 2 heterocycles. The van der Waals surface area contributed by atoms with Gasteiger partial charge in [-0.05, 0) is 67.4 Å². The highest BCUT2D eigenvalue weighted by Crippen LogP contribution is 2.29. The Morgan fingerprint density at radius 3 is 2.52 bits per heavy atom. The van der Waals surface area contributed by atoms with Gasteiger partial charge in [-0.1, -0.05) is 36.4 Å². The number of pyridine rings is 1. The van der Waals surface area contributed by atoms with Gasteiger partial charge in [0.1, 0.15) is 17.2 Å². The van der Waals surface area contributed by atoms with Crippen molar-refractivity contribution in [3.05, 3.63) is 112 Å². The Morgan fingerprint density at radius 1 is 0.939 bits per heavy atom. The van der Waals surface area contributed by atoms with Crippen molar-refractivity contribution in [2.24, 2.45) is 0 Å². The number of aryl methyl sites for hydroxylation is 2. The van der Waals surface area contributed by atoms with Gasteiger partial charge in [-0.25, -0.2) is 9.07 Å². The van der Waals surface area contributed by atoms with Gasteiger partial charge in [0.15, 0.2) is 0 Å². The van der Waals surface area contributed by atoms with Crippen LogP contribution < -0.4 is 10.9 Å². The van der Waals surface area contributed by atoms with Gasteiger partial charge in [-0.3, -0.25) is 4.79 Å². The maximum absolute atomic E-state index is 14.0. The molecule has 5 nitrogen and oxygen atoms in total. The van der Waals surface area contributed by atoms with Crippen molar-refractivity contribution < 1.29 is 4.39 Å². The Kier molecular flexibility index (Phi) is 5.26. The first-order chi connectivity index (χ1) is 16.0. The Balaban J connectivity index is 1.62. The molecular formula is C27H23FN4O. The molecule has 2 aromatic heterocycles. The number of anilines is 1. The second-order valence-corrected chi connectivity index (χ2v) is 8.14. The van der Waals surface area contributed by atoms with Gasteiger partial charge in [0.2, 0.25) is 0 Å². The lowest BCUT2D eigenvalue weighted by molar-refractivity contribution is 0.628. The summed E-state index contributed by atoms with van der Waals surface area (Å²) in [6.45, 7) is 4.48. The quantitative estimate of drug-likeness (QED) is 0.367. The summed E-state index contributed by atoms with van der Waals surface area (Å²) in [5.74, 6) is -0.337. The van der Waals surface area contributed by atoms with Crippen molar-refractivity contribution in [1.82, 2.24) is 14.8 Å². The Hall–Kier alpha value is -4.19. The Morgan fingerprint density at radius 2 is 1.76 bits per heavy atom. The van der Waals surface area contributed by atoms with Crippen LogP contribution in [0.15, 0.2) is 83.7 Å². The molecule has 3 aromatic carbocycles. The number of hydrogen-bond donors (Lipinski definition) is 2. The van der Waals surface area contributed by atoms with Crippen LogP contribution in [0, 0.1) is 19.7 Å². The number of halogens is 1. The molecule has 5 rings (SSSR count). The highest BCUT2D eigenvalue weighted by Gasteiger charge is 2.17. The minimum atomic E-state index is -0.337. The summed E-state index contributed by atoms with van der Waals surface area (Å²) < 4.78 is 15.7. The van der Waals surface area contributed by atoms with E-state index in [0.717, 1.165) is 16.8 Å². The van der Waals surface area contributed by atoms with Crippen molar-refractivity contribution in [3.8, 4) is 16.9 Å². The number of para-hydroxylation sites is 1. The molecule has 2 N–H and O–H groups in total. The van der Waals surface area contributed by atoms with Gasteiger partial charge in [-0.2, -0.15) is 5.10 Å². The number of fused-ring (bicyclic) bond motifs is 1. The third-order valence-corrected chi connectivity index (χ3v) is 5.85. The van der Waals surface area contributed by atoms with Crippen molar-refractivity contribution in [2.45, 2.75) is 20.4 Å². The summed E-state index contributed by atoms with van der Waals surface area (Å²) in [6.07, 6.45) is 0. The molecule has 0 aliphatic heterocycles. The van der Waals surface area contributed by atoms with Crippen LogP contribution in [0.4, 0.5) is 10.1 Å². The summed E-state index contributed by atoms with van der Waals surface area (Å²) in [4.78, 5) is 16.0. The SMILES string of the molecule is Cc1ccc(NCc2cc3c(-c4cccc(F)c4)nn(-c4ccccc4)c3[nH]c2=O)cc1C. The largest absolute Gasteiger partial charge is 0.381 e. The van der Waals surface area contributed by atoms with Gasteiger partial charge in [0.25, 0.3) is 5.56 Å². The topological polar surface area (TPSA) is 62.7 Å². The second-order valence-electron chi connectivity index (χ2n) is 8.14. The van der Waals surface area contributed by atoms with Crippen LogP contribution >= 0.6 is 0 Å². The maximum Gasteiger partial charge on any atom is 0.254 e. The number of rotatable bonds is 5. The number of aromatic amines is 1. The van der Waals surface area contributed by atoms with E-state index in [4.69, 9.17) is 5.10 Å². The van der Waals surface area contributed by atoms with Gasteiger partial charge >= 0.3 is 0 Å². The summed E-state index contributed by atoms with van der Waals surface area (Å²) in [6, 6.07) is 23.8. The molecule has 0 fully saturated rings. The number of H-pyrrole nitrogens is 1. The van der Waals surface area contributed by atoms with E-state index in [2.05, 4.69) is 36.3 Å². The molecule has 0 bridgehead atoms. The highest BCUT2D eigenvalue weighted by atomic mass is 19.1. The van der Waals surface area contributed by atoms with E-state index in [0.29, 0.717) is 29.0 Å². The summed E-state index contributed by atoms with van der Waals surface area (Å²) in [5.41, 5.74) is 6.36. The van der Waals surface area contributed by atoms with Crippen LogP contribution in [-0.2, 0) is 6.54 Å². The summed E-state index contributed by atoms with van der Waals surface area (Å²) in [5, 5.41) is 8.84. The molecule has 0 amide bonds. The second kappa shape index (κ2) is 8.39. The van der Waals surface area contributed by atoms with Gasteiger partial charge < -0.3 is 10.3 Å². The molecule has 33 heavy (non-hydrogen) atoms. The molecule has 0 spiro atoms. The highest BCUT2D eigenvalue weighted by molar-refractivity contribution is 5.92. The first kappa shape index (κ1) is 20.7. The average Bonchev–Trinajstić information content (AvgIpc) is 3.18. The predicted molar refractivity (Wildman–Crippen MR) is 130 cm³/mol. The van der Waals surface area contributed by atoms with Crippen molar-refractivity contribution in [1.29, 1.82) is 0 Å². The zero-order chi connectivity index (χ0) is 22.9. The first-order valence-electron chi connectivity index (χ1n) is 10.8. The minimum absolute atomic E-state index is 0.193. The zero-order valence-corrected chi connectivity index (χ0v) is 18.4. The molecule has 0 aliphatic carbocycles. The third-order valence-electron chi connectivity index (χ3n) is 5.85. The molecule has 0 aliphatic rings.